The van der Waals surface area contributed by atoms with Crippen LogP contribution in [-0.4, -0.2) is 40.3 Å². The maximum atomic E-state index is 12.8. The molecule has 1 aromatic heterocycles. The van der Waals surface area contributed by atoms with Crippen LogP contribution < -0.4 is 4.74 Å². The maximum absolute atomic E-state index is 12.8. The molecule has 0 fully saturated rings. The Balaban J connectivity index is 1.59. The van der Waals surface area contributed by atoms with E-state index >= 15 is 0 Å². The van der Waals surface area contributed by atoms with Gasteiger partial charge in [-0.3, -0.25) is 9.48 Å². The number of hydrogen-bond acceptors (Lipinski definition) is 3. The lowest BCUT2D eigenvalue weighted by Crippen LogP contribution is -2.35. The van der Waals surface area contributed by atoms with Crippen molar-refractivity contribution in [2.24, 2.45) is 7.05 Å². The number of ether oxygens (including phenoxy) is 1. The summed E-state index contributed by atoms with van der Waals surface area (Å²) in [6, 6.07) is 10.3. The summed E-state index contributed by atoms with van der Waals surface area (Å²) in [5.74, 6) is 1.18. The molecule has 0 spiro atoms. The number of fused-ring (bicyclic) bond motifs is 1. The Kier molecular flexibility index (Phi) is 7.31. The highest BCUT2D eigenvalue weighted by atomic mass is 16.5. The van der Waals surface area contributed by atoms with Gasteiger partial charge in [0.05, 0.1) is 6.54 Å². The first-order valence-electron chi connectivity index (χ1n) is 10.2. The standard InChI is InChI=1S/C22H31N3O2/c1-24-20(14-15-23-24)12-13-22(26)25-16-8-4-2-3-5-9-19-10-6-7-11-21(19)27-18-17-25/h6-7,10-11,14-15H,2-5,8-9,12-13,16-18H2,1H3. The molecule has 0 radical (unpaired) electrons. The highest BCUT2D eigenvalue weighted by molar-refractivity contribution is 5.76. The molecule has 2 aromatic rings. The fourth-order valence-electron chi connectivity index (χ4n) is 3.67. The molecule has 146 valence electrons. The lowest BCUT2D eigenvalue weighted by atomic mass is 10.0. The molecule has 1 amide bonds. The summed E-state index contributed by atoms with van der Waals surface area (Å²) < 4.78 is 7.88. The third-order valence-corrected chi connectivity index (χ3v) is 5.34. The van der Waals surface area contributed by atoms with Crippen molar-refractivity contribution in [3.63, 3.8) is 0 Å². The molecule has 2 heterocycles. The zero-order valence-corrected chi connectivity index (χ0v) is 16.4. The molecule has 5 heteroatoms. The number of aromatic nitrogens is 2. The number of nitrogens with zero attached hydrogens (tertiary/aromatic N) is 3. The van der Waals surface area contributed by atoms with Crippen LogP contribution in [0.2, 0.25) is 0 Å². The van der Waals surface area contributed by atoms with Gasteiger partial charge in [0.15, 0.2) is 0 Å². The first kappa shape index (κ1) is 19.5. The average molecular weight is 370 g/mol. The predicted octanol–water partition coefficient (Wildman–Crippen LogP) is 3.77. The molecule has 3 rings (SSSR count). The molecular formula is C22H31N3O2. The Hall–Kier alpha value is -2.30. The van der Waals surface area contributed by atoms with Gasteiger partial charge in [-0.2, -0.15) is 5.10 Å². The van der Waals surface area contributed by atoms with Gasteiger partial charge in [-0.1, -0.05) is 37.5 Å². The van der Waals surface area contributed by atoms with E-state index in [2.05, 4.69) is 17.2 Å². The van der Waals surface area contributed by atoms with E-state index in [-0.39, 0.29) is 5.91 Å². The third kappa shape index (κ3) is 5.84. The second-order valence-electron chi connectivity index (χ2n) is 7.30. The van der Waals surface area contributed by atoms with Crippen molar-refractivity contribution in [1.82, 2.24) is 14.7 Å². The van der Waals surface area contributed by atoms with E-state index in [4.69, 9.17) is 4.74 Å². The van der Waals surface area contributed by atoms with Gasteiger partial charge in [-0.15, -0.1) is 0 Å². The smallest absolute Gasteiger partial charge is 0.223 e. The Labute approximate surface area is 162 Å². The van der Waals surface area contributed by atoms with Crippen molar-refractivity contribution in [2.45, 2.75) is 51.4 Å². The molecule has 27 heavy (non-hydrogen) atoms. The summed E-state index contributed by atoms with van der Waals surface area (Å²) in [6.45, 7) is 2.03. The summed E-state index contributed by atoms with van der Waals surface area (Å²) in [4.78, 5) is 14.8. The second kappa shape index (κ2) is 10.1. The fraction of sp³-hybridized carbons (Fsp3) is 0.545. The first-order valence-corrected chi connectivity index (χ1v) is 10.2. The number of hydrogen-bond donors (Lipinski definition) is 0. The zero-order chi connectivity index (χ0) is 18.9. The molecule has 0 aliphatic carbocycles. The molecule has 5 nitrogen and oxygen atoms in total. The number of rotatable bonds is 3. The van der Waals surface area contributed by atoms with Crippen LogP contribution >= 0.6 is 0 Å². The molecule has 0 unspecified atom stereocenters. The third-order valence-electron chi connectivity index (χ3n) is 5.34. The topological polar surface area (TPSA) is 47.4 Å². The van der Waals surface area contributed by atoms with Gasteiger partial charge in [-0.05, 0) is 43.4 Å². The highest BCUT2D eigenvalue weighted by Crippen LogP contribution is 2.21. The molecule has 0 saturated heterocycles. The van der Waals surface area contributed by atoms with Gasteiger partial charge in [0.2, 0.25) is 5.91 Å². The van der Waals surface area contributed by atoms with Crippen molar-refractivity contribution in [3.8, 4) is 5.75 Å². The van der Waals surface area contributed by atoms with Crippen LogP contribution in [0.3, 0.4) is 0 Å². The van der Waals surface area contributed by atoms with E-state index in [1.165, 1.54) is 31.2 Å². The van der Waals surface area contributed by atoms with E-state index in [9.17, 15) is 4.79 Å². The number of benzene rings is 1. The highest BCUT2D eigenvalue weighted by Gasteiger charge is 2.15. The molecule has 0 N–H and O–H groups in total. The monoisotopic (exact) mass is 369 g/mol. The van der Waals surface area contributed by atoms with E-state index in [1.807, 2.05) is 34.8 Å². The summed E-state index contributed by atoms with van der Waals surface area (Å²) >= 11 is 0. The van der Waals surface area contributed by atoms with Gasteiger partial charge in [0.1, 0.15) is 12.4 Å². The van der Waals surface area contributed by atoms with E-state index < -0.39 is 0 Å². The number of carbonyl (C=O) groups is 1. The fourth-order valence-corrected chi connectivity index (χ4v) is 3.67. The van der Waals surface area contributed by atoms with Crippen molar-refractivity contribution in [3.05, 3.63) is 47.8 Å². The van der Waals surface area contributed by atoms with Crippen LogP contribution in [0.5, 0.6) is 5.75 Å². The van der Waals surface area contributed by atoms with Crippen LogP contribution in [-0.2, 0) is 24.7 Å². The minimum Gasteiger partial charge on any atom is -0.491 e. The summed E-state index contributed by atoms with van der Waals surface area (Å²) in [5, 5.41) is 4.18. The van der Waals surface area contributed by atoms with Gasteiger partial charge in [0, 0.05) is 31.9 Å². The normalized spacial score (nSPS) is 16.4. The minimum absolute atomic E-state index is 0.211. The second-order valence-corrected chi connectivity index (χ2v) is 7.30. The summed E-state index contributed by atoms with van der Waals surface area (Å²) in [7, 11) is 1.92. The van der Waals surface area contributed by atoms with Gasteiger partial charge < -0.3 is 9.64 Å². The summed E-state index contributed by atoms with van der Waals surface area (Å²) in [6.07, 6.45) is 10.1. The van der Waals surface area contributed by atoms with Crippen LogP contribution in [0.25, 0.3) is 0 Å². The van der Waals surface area contributed by atoms with Crippen LogP contribution in [0.1, 0.15) is 49.8 Å². The largest absolute Gasteiger partial charge is 0.491 e. The maximum Gasteiger partial charge on any atom is 0.223 e. The van der Waals surface area contributed by atoms with Crippen molar-refractivity contribution in [1.29, 1.82) is 0 Å². The van der Waals surface area contributed by atoms with Crippen molar-refractivity contribution in [2.75, 3.05) is 19.7 Å². The lowest BCUT2D eigenvalue weighted by molar-refractivity contribution is -0.131. The Morgan fingerprint density at radius 2 is 1.89 bits per heavy atom. The lowest BCUT2D eigenvalue weighted by Gasteiger charge is -2.23. The predicted molar refractivity (Wildman–Crippen MR) is 107 cm³/mol. The molecule has 1 aliphatic heterocycles. The molecular weight excluding hydrogens is 338 g/mol. The summed E-state index contributed by atoms with van der Waals surface area (Å²) in [5.41, 5.74) is 2.38. The quantitative estimate of drug-likeness (QED) is 0.827. The number of amides is 1. The number of para-hydroxylation sites is 1. The number of carbonyl (C=O) groups excluding carboxylic acids is 1. The SMILES string of the molecule is Cn1nccc1CCC(=O)N1CCCCCCCc2ccccc2OCC1. The van der Waals surface area contributed by atoms with Gasteiger partial charge in [0.25, 0.3) is 0 Å². The molecule has 1 aromatic carbocycles. The van der Waals surface area contributed by atoms with E-state index in [0.29, 0.717) is 19.6 Å². The molecule has 1 aliphatic rings. The molecule has 0 saturated carbocycles. The van der Waals surface area contributed by atoms with Crippen molar-refractivity contribution < 1.29 is 9.53 Å². The van der Waals surface area contributed by atoms with Crippen LogP contribution in [0.15, 0.2) is 36.5 Å². The van der Waals surface area contributed by atoms with E-state index in [1.54, 1.807) is 6.20 Å². The Morgan fingerprint density at radius 3 is 2.74 bits per heavy atom. The van der Waals surface area contributed by atoms with Crippen molar-refractivity contribution >= 4 is 5.91 Å². The van der Waals surface area contributed by atoms with Crippen LogP contribution in [0.4, 0.5) is 0 Å². The Morgan fingerprint density at radius 1 is 1.07 bits per heavy atom. The van der Waals surface area contributed by atoms with E-state index in [0.717, 1.165) is 37.3 Å². The first-order chi connectivity index (χ1) is 13.2. The average Bonchev–Trinajstić information content (AvgIpc) is 3.09. The van der Waals surface area contributed by atoms with Gasteiger partial charge in [-0.25, -0.2) is 0 Å². The zero-order valence-electron chi connectivity index (χ0n) is 16.4. The Bertz CT molecular complexity index is 726. The molecule has 0 bridgehead atoms. The number of aryl methyl sites for hydroxylation is 3. The molecule has 0 atom stereocenters. The van der Waals surface area contributed by atoms with Crippen LogP contribution in [0, 0.1) is 0 Å². The van der Waals surface area contributed by atoms with Gasteiger partial charge >= 0.3 is 0 Å². The minimum atomic E-state index is 0.211.